The van der Waals surface area contributed by atoms with Crippen molar-refractivity contribution in [3.05, 3.63) is 16.1 Å². The van der Waals surface area contributed by atoms with Crippen LogP contribution in [0.15, 0.2) is 5.38 Å². The van der Waals surface area contributed by atoms with Gasteiger partial charge >= 0.3 is 0 Å². The maximum absolute atomic E-state index is 11.4. The Morgan fingerprint density at radius 1 is 1.44 bits per heavy atom. The highest BCUT2D eigenvalue weighted by Crippen LogP contribution is 2.25. The molecule has 0 saturated carbocycles. The normalized spacial score (nSPS) is 16.6. The number of aromatic nitrogens is 1. The average molecular weight is 291 g/mol. The van der Waals surface area contributed by atoms with Gasteiger partial charge in [-0.15, -0.1) is 11.3 Å². The number of sulfone groups is 1. The molecular weight excluding hydrogens is 270 g/mol. The molecule has 104 valence electrons. The molecule has 1 rings (SSSR count). The van der Waals surface area contributed by atoms with Crippen LogP contribution in [-0.4, -0.2) is 36.1 Å². The van der Waals surface area contributed by atoms with Gasteiger partial charge in [-0.25, -0.2) is 13.4 Å². The molecule has 0 fully saturated rings. The summed E-state index contributed by atoms with van der Waals surface area (Å²) in [6, 6.07) is 0. The Hall–Kier alpha value is -0.460. The lowest BCUT2D eigenvalue weighted by Gasteiger charge is -2.16. The van der Waals surface area contributed by atoms with Crippen molar-refractivity contribution in [2.75, 3.05) is 6.26 Å². The Labute approximate surface area is 113 Å². The molecule has 18 heavy (non-hydrogen) atoms. The smallest absolute Gasteiger partial charge is 0.152 e. The zero-order chi connectivity index (χ0) is 14.1. The number of aliphatic hydroxyl groups excluding tert-OH is 1. The monoisotopic (exact) mass is 291 g/mol. The summed E-state index contributed by atoms with van der Waals surface area (Å²) in [7, 11) is -3.22. The number of aliphatic hydroxyl groups is 1. The quantitative estimate of drug-likeness (QED) is 0.918. The lowest BCUT2D eigenvalue weighted by molar-refractivity contribution is 0.173. The van der Waals surface area contributed by atoms with E-state index in [0.29, 0.717) is 0 Å². The highest BCUT2D eigenvalue weighted by atomic mass is 32.2. The van der Waals surface area contributed by atoms with Crippen molar-refractivity contribution in [2.45, 2.75) is 50.9 Å². The highest BCUT2D eigenvalue weighted by molar-refractivity contribution is 7.91. The van der Waals surface area contributed by atoms with Gasteiger partial charge in [-0.05, 0) is 6.92 Å². The lowest BCUT2D eigenvalue weighted by atomic mass is 9.93. The molecule has 2 unspecified atom stereocenters. The van der Waals surface area contributed by atoms with Crippen molar-refractivity contribution in [1.82, 2.24) is 4.98 Å². The zero-order valence-corrected chi connectivity index (χ0v) is 13.1. The summed E-state index contributed by atoms with van der Waals surface area (Å²) in [5, 5.41) is 11.9. The SMILES string of the molecule is CC(C(O)Cc1nc(C(C)(C)C)cs1)S(C)(=O)=O. The van der Waals surface area contributed by atoms with Gasteiger partial charge in [0, 0.05) is 23.5 Å². The van der Waals surface area contributed by atoms with E-state index in [4.69, 9.17) is 0 Å². The minimum absolute atomic E-state index is 0.0256. The van der Waals surface area contributed by atoms with E-state index >= 15 is 0 Å². The molecule has 1 N–H and O–H groups in total. The second kappa shape index (κ2) is 5.27. The third kappa shape index (κ3) is 4.03. The van der Waals surface area contributed by atoms with Gasteiger partial charge < -0.3 is 5.11 Å². The minimum atomic E-state index is -3.22. The van der Waals surface area contributed by atoms with Crippen molar-refractivity contribution >= 4 is 21.2 Å². The van der Waals surface area contributed by atoms with Crippen LogP contribution in [0.5, 0.6) is 0 Å². The maximum atomic E-state index is 11.4. The molecule has 0 aromatic carbocycles. The van der Waals surface area contributed by atoms with Crippen LogP contribution in [0, 0.1) is 0 Å². The predicted molar refractivity (Wildman–Crippen MR) is 74.8 cm³/mol. The lowest BCUT2D eigenvalue weighted by Crippen LogP contribution is -2.32. The molecule has 0 aliphatic rings. The topological polar surface area (TPSA) is 67.3 Å². The van der Waals surface area contributed by atoms with E-state index in [1.807, 2.05) is 5.38 Å². The van der Waals surface area contributed by atoms with E-state index in [-0.39, 0.29) is 11.8 Å². The molecule has 0 aliphatic heterocycles. The van der Waals surface area contributed by atoms with Gasteiger partial charge in [-0.1, -0.05) is 20.8 Å². The first-order valence-corrected chi connectivity index (χ1v) is 8.67. The van der Waals surface area contributed by atoms with E-state index in [1.165, 1.54) is 18.3 Å². The minimum Gasteiger partial charge on any atom is -0.391 e. The molecule has 0 saturated heterocycles. The van der Waals surface area contributed by atoms with Crippen LogP contribution < -0.4 is 0 Å². The van der Waals surface area contributed by atoms with E-state index < -0.39 is 21.2 Å². The molecule has 0 bridgehead atoms. The molecule has 1 aromatic heterocycles. The molecule has 2 atom stereocenters. The van der Waals surface area contributed by atoms with Crippen LogP contribution in [0.1, 0.15) is 38.4 Å². The first-order chi connectivity index (χ1) is 8.01. The Morgan fingerprint density at radius 3 is 2.39 bits per heavy atom. The van der Waals surface area contributed by atoms with Crippen molar-refractivity contribution in [1.29, 1.82) is 0 Å². The third-order valence-electron chi connectivity index (χ3n) is 2.92. The molecule has 4 nitrogen and oxygen atoms in total. The summed E-state index contributed by atoms with van der Waals surface area (Å²) in [6.07, 6.45) is 0.525. The van der Waals surface area contributed by atoms with Crippen LogP contribution in [0.25, 0.3) is 0 Å². The van der Waals surface area contributed by atoms with Crippen molar-refractivity contribution in [3.8, 4) is 0 Å². The van der Waals surface area contributed by atoms with Crippen LogP contribution in [-0.2, 0) is 21.7 Å². The van der Waals surface area contributed by atoms with Gasteiger partial charge in [-0.3, -0.25) is 0 Å². The predicted octanol–water partition coefficient (Wildman–Crippen LogP) is 1.78. The number of rotatable bonds is 4. The van der Waals surface area contributed by atoms with Gasteiger partial charge in [0.1, 0.15) is 0 Å². The number of hydrogen-bond acceptors (Lipinski definition) is 5. The molecule has 1 heterocycles. The number of hydrogen-bond donors (Lipinski definition) is 1. The van der Waals surface area contributed by atoms with Crippen LogP contribution >= 0.6 is 11.3 Å². The fraction of sp³-hybridized carbons (Fsp3) is 0.750. The standard InChI is InChI=1S/C12H21NO3S2/c1-8(18(5,15)16)9(14)6-11-13-10(7-17-11)12(2,3)4/h7-9,14H,6H2,1-5H3. The summed E-state index contributed by atoms with van der Waals surface area (Å²) in [5.41, 5.74) is 0.948. The van der Waals surface area contributed by atoms with Crippen molar-refractivity contribution in [2.24, 2.45) is 0 Å². The van der Waals surface area contributed by atoms with E-state index in [2.05, 4.69) is 25.8 Å². The van der Waals surface area contributed by atoms with Crippen LogP contribution in [0.2, 0.25) is 0 Å². The van der Waals surface area contributed by atoms with E-state index in [0.717, 1.165) is 17.0 Å². The number of thiazole rings is 1. The largest absolute Gasteiger partial charge is 0.391 e. The molecule has 0 amide bonds. The van der Waals surface area contributed by atoms with Gasteiger partial charge in [0.05, 0.1) is 22.1 Å². The summed E-state index contributed by atoms with van der Waals surface area (Å²) < 4.78 is 22.7. The Morgan fingerprint density at radius 2 is 2.00 bits per heavy atom. The van der Waals surface area contributed by atoms with Crippen LogP contribution in [0.3, 0.4) is 0 Å². The van der Waals surface area contributed by atoms with Crippen molar-refractivity contribution in [3.63, 3.8) is 0 Å². The zero-order valence-electron chi connectivity index (χ0n) is 11.5. The van der Waals surface area contributed by atoms with Gasteiger partial charge in [0.25, 0.3) is 0 Å². The van der Waals surface area contributed by atoms with Gasteiger partial charge in [-0.2, -0.15) is 0 Å². The third-order valence-corrected chi connectivity index (χ3v) is 5.46. The molecule has 1 aromatic rings. The number of nitrogens with zero attached hydrogens (tertiary/aromatic N) is 1. The summed E-state index contributed by atoms with van der Waals surface area (Å²) >= 11 is 1.47. The molecule has 0 radical (unpaired) electrons. The first kappa shape index (κ1) is 15.6. The first-order valence-electron chi connectivity index (χ1n) is 5.83. The molecule has 6 heteroatoms. The van der Waals surface area contributed by atoms with Crippen molar-refractivity contribution < 1.29 is 13.5 Å². The van der Waals surface area contributed by atoms with Crippen LogP contribution in [0.4, 0.5) is 0 Å². The summed E-state index contributed by atoms with van der Waals surface area (Å²) in [6.45, 7) is 7.74. The Balaban J connectivity index is 2.78. The maximum Gasteiger partial charge on any atom is 0.152 e. The Bertz CT molecular complexity index is 500. The second-order valence-corrected chi connectivity index (χ2v) is 9.03. The summed E-state index contributed by atoms with van der Waals surface area (Å²) in [4.78, 5) is 4.45. The van der Waals surface area contributed by atoms with Gasteiger partial charge in [0.2, 0.25) is 0 Å². The summed E-state index contributed by atoms with van der Waals surface area (Å²) in [5.74, 6) is 0. The molecule has 0 aliphatic carbocycles. The molecular formula is C12H21NO3S2. The fourth-order valence-corrected chi connectivity index (χ4v) is 3.12. The molecule has 0 spiro atoms. The highest BCUT2D eigenvalue weighted by Gasteiger charge is 2.26. The fourth-order valence-electron chi connectivity index (χ4n) is 1.38. The second-order valence-electron chi connectivity index (χ2n) is 5.68. The average Bonchev–Trinajstić information content (AvgIpc) is 2.62. The van der Waals surface area contributed by atoms with E-state index in [9.17, 15) is 13.5 Å². The Kier molecular flexibility index (Phi) is 4.56. The van der Waals surface area contributed by atoms with E-state index in [1.54, 1.807) is 0 Å². The van der Waals surface area contributed by atoms with Gasteiger partial charge in [0.15, 0.2) is 9.84 Å².